The van der Waals surface area contributed by atoms with Crippen molar-refractivity contribution in [1.82, 2.24) is 0 Å². The number of ether oxygens (including phenoxy) is 2. The van der Waals surface area contributed by atoms with Gasteiger partial charge in [-0.15, -0.1) is 0 Å². The molecule has 38 heavy (non-hydrogen) atoms. The van der Waals surface area contributed by atoms with Crippen molar-refractivity contribution in [1.29, 1.82) is 0 Å². The van der Waals surface area contributed by atoms with E-state index in [0.717, 1.165) is 12.1 Å². The van der Waals surface area contributed by atoms with Crippen LogP contribution in [0.3, 0.4) is 0 Å². The Hall–Kier alpha value is -4.43. The molecule has 0 spiro atoms. The lowest BCUT2D eigenvalue weighted by Gasteiger charge is -2.16. The summed E-state index contributed by atoms with van der Waals surface area (Å²) in [4.78, 5) is 24.7. The molecule has 0 bridgehead atoms. The molecule has 0 atom stereocenters. The van der Waals surface area contributed by atoms with E-state index in [2.05, 4.69) is 9.47 Å². The molecule has 202 valence electrons. The minimum atomic E-state index is -5.28. The van der Waals surface area contributed by atoms with E-state index in [0.29, 0.717) is 30.3 Å². The molecule has 0 aliphatic carbocycles. The molecule has 0 aliphatic heterocycles. The number of nitrogen functional groups attached to an aromatic ring is 2. The van der Waals surface area contributed by atoms with Crippen molar-refractivity contribution in [2.24, 2.45) is 0 Å². The SMILES string of the molecule is Nc1ccc(OC(=O)c2ccc(OC(=O)c3ccc(N)c(C(F)(F)F)c3)c(C(F)(F)F)c2)c(C(F)(F)F)c1. The first kappa shape index (κ1) is 28.1. The van der Waals surface area contributed by atoms with Crippen molar-refractivity contribution in [3.63, 3.8) is 0 Å². The molecule has 0 heterocycles. The van der Waals surface area contributed by atoms with Crippen LogP contribution in [0.2, 0.25) is 0 Å². The van der Waals surface area contributed by atoms with Gasteiger partial charge in [-0.1, -0.05) is 0 Å². The topological polar surface area (TPSA) is 105 Å². The number of anilines is 2. The largest absolute Gasteiger partial charge is 0.422 e. The minimum absolute atomic E-state index is 0.139. The predicted octanol–water partition coefficient (Wildman–Crippen LogP) is 6.35. The minimum Gasteiger partial charge on any atom is -0.422 e. The fourth-order valence-corrected chi connectivity index (χ4v) is 3.07. The highest BCUT2D eigenvalue weighted by Gasteiger charge is 2.38. The maximum atomic E-state index is 13.6. The van der Waals surface area contributed by atoms with Crippen molar-refractivity contribution in [2.45, 2.75) is 18.5 Å². The van der Waals surface area contributed by atoms with Crippen LogP contribution in [0.15, 0.2) is 54.6 Å². The first-order valence-corrected chi connectivity index (χ1v) is 9.97. The van der Waals surface area contributed by atoms with Crippen LogP contribution in [0.5, 0.6) is 11.5 Å². The summed E-state index contributed by atoms with van der Waals surface area (Å²) < 4.78 is 129. The number of nitrogens with two attached hydrogens (primary N) is 2. The lowest BCUT2D eigenvalue weighted by molar-refractivity contribution is -0.139. The third-order valence-electron chi connectivity index (χ3n) is 4.83. The van der Waals surface area contributed by atoms with E-state index in [4.69, 9.17) is 11.5 Å². The fourth-order valence-electron chi connectivity index (χ4n) is 3.07. The van der Waals surface area contributed by atoms with Crippen LogP contribution in [0.1, 0.15) is 37.4 Å². The molecule has 4 N–H and O–H groups in total. The van der Waals surface area contributed by atoms with Gasteiger partial charge in [0.1, 0.15) is 17.1 Å². The van der Waals surface area contributed by atoms with Gasteiger partial charge in [0.25, 0.3) is 0 Å². The molecule has 0 saturated carbocycles. The Morgan fingerprint density at radius 3 is 1.42 bits per heavy atom. The lowest BCUT2D eigenvalue weighted by atomic mass is 10.1. The summed E-state index contributed by atoms with van der Waals surface area (Å²) in [6, 6.07) is 5.14. The Labute approximate surface area is 206 Å². The van der Waals surface area contributed by atoms with Crippen LogP contribution in [-0.4, -0.2) is 11.9 Å². The number of carbonyl (C=O) groups excluding carboxylic acids is 2. The first-order valence-electron chi connectivity index (χ1n) is 9.97. The summed E-state index contributed by atoms with van der Waals surface area (Å²) in [5.74, 6) is -5.48. The van der Waals surface area contributed by atoms with Gasteiger partial charge in [-0.25, -0.2) is 9.59 Å². The third-order valence-corrected chi connectivity index (χ3v) is 4.83. The molecule has 0 aliphatic rings. The maximum Gasteiger partial charge on any atom is 0.420 e. The quantitative estimate of drug-likeness (QED) is 0.169. The molecule has 0 radical (unpaired) electrons. The monoisotopic (exact) mass is 552 g/mol. The number of halogens is 9. The van der Waals surface area contributed by atoms with Crippen molar-refractivity contribution in [3.8, 4) is 11.5 Å². The summed E-state index contributed by atoms with van der Waals surface area (Å²) in [5.41, 5.74) is 3.15. The number of benzene rings is 3. The standard InChI is InChI=1S/C23H13F9N2O4/c24-21(25,26)13-7-10(1-4-16(13)34)19(35)37-17-5-2-11(8-14(17)22(27,28)29)20(36)38-18-6-3-12(33)9-15(18)23(30,31)32/h1-9H,33-34H2. The molecular weight excluding hydrogens is 539 g/mol. The average molecular weight is 552 g/mol. The number of alkyl halides is 9. The van der Waals surface area contributed by atoms with E-state index in [1.54, 1.807) is 0 Å². The van der Waals surface area contributed by atoms with Gasteiger partial charge in [0.05, 0.1) is 22.3 Å². The zero-order valence-corrected chi connectivity index (χ0v) is 18.4. The Morgan fingerprint density at radius 2 is 0.947 bits per heavy atom. The highest BCUT2D eigenvalue weighted by atomic mass is 19.4. The van der Waals surface area contributed by atoms with Crippen molar-refractivity contribution in [2.75, 3.05) is 11.5 Å². The van der Waals surface area contributed by atoms with Crippen LogP contribution >= 0.6 is 0 Å². The first-order chi connectivity index (χ1) is 17.4. The number of hydrogen-bond donors (Lipinski definition) is 2. The summed E-state index contributed by atoms with van der Waals surface area (Å²) in [7, 11) is 0. The van der Waals surface area contributed by atoms with Gasteiger partial charge in [-0.3, -0.25) is 0 Å². The summed E-state index contributed by atoms with van der Waals surface area (Å²) in [6.45, 7) is 0. The Balaban J connectivity index is 1.94. The Bertz CT molecular complexity index is 1400. The fraction of sp³-hybridized carbons (Fsp3) is 0.130. The second kappa shape index (κ2) is 9.79. The van der Waals surface area contributed by atoms with Gasteiger partial charge in [0.2, 0.25) is 0 Å². The van der Waals surface area contributed by atoms with E-state index in [-0.39, 0.29) is 17.8 Å². The van der Waals surface area contributed by atoms with Gasteiger partial charge in [-0.2, -0.15) is 39.5 Å². The van der Waals surface area contributed by atoms with E-state index in [9.17, 15) is 49.1 Å². The highest BCUT2D eigenvalue weighted by molar-refractivity contribution is 5.93. The normalized spacial score (nSPS) is 12.2. The lowest BCUT2D eigenvalue weighted by Crippen LogP contribution is -2.18. The van der Waals surface area contributed by atoms with E-state index >= 15 is 0 Å². The zero-order valence-electron chi connectivity index (χ0n) is 18.4. The molecule has 0 aromatic heterocycles. The number of esters is 2. The molecule has 15 heteroatoms. The van der Waals surface area contributed by atoms with E-state index in [1.807, 2.05) is 0 Å². The average Bonchev–Trinajstić information content (AvgIpc) is 2.78. The molecule has 3 aromatic carbocycles. The number of rotatable bonds is 4. The highest BCUT2D eigenvalue weighted by Crippen LogP contribution is 2.40. The molecule has 0 unspecified atom stereocenters. The molecular formula is C23H13F9N2O4. The van der Waals surface area contributed by atoms with Gasteiger partial charge in [0.15, 0.2) is 0 Å². The van der Waals surface area contributed by atoms with Gasteiger partial charge in [-0.05, 0) is 54.6 Å². The van der Waals surface area contributed by atoms with Gasteiger partial charge < -0.3 is 20.9 Å². The predicted molar refractivity (Wildman–Crippen MR) is 113 cm³/mol. The summed E-state index contributed by atoms with van der Waals surface area (Å²) in [5, 5.41) is 0. The summed E-state index contributed by atoms with van der Waals surface area (Å²) >= 11 is 0. The molecule has 3 rings (SSSR count). The van der Waals surface area contributed by atoms with Crippen molar-refractivity contribution < 1.29 is 58.6 Å². The van der Waals surface area contributed by atoms with Crippen LogP contribution in [0.4, 0.5) is 50.9 Å². The molecule has 0 fully saturated rings. The van der Waals surface area contributed by atoms with Crippen LogP contribution in [-0.2, 0) is 18.5 Å². The van der Waals surface area contributed by atoms with Gasteiger partial charge >= 0.3 is 30.5 Å². The van der Waals surface area contributed by atoms with E-state index in [1.165, 1.54) is 0 Å². The van der Waals surface area contributed by atoms with Gasteiger partial charge in [0, 0.05) is 11.4 Å². The summed E-state index contributed by atoms with van der Waals surface area (Å²) in [6.07, 6.45) is -15.3. The Morgan fingerprint density at radius 1 is 0.553 bits per heavy atom. The van der Waals surface area contributed by atoms with Crippen molar-refractivity contribution >= 4 is 23.3 Å². The molecule has 0 amide bonds. The third kappa shape index (κ3) is 6.27. The van der Waals surface area contributed by atoms with E-state index < -0.39 is 75.5 Å². The second-order valence-corrected chi connectivity index (χ2v) is 7.54. The molecule has 3 aromatic rings. The second-order valence-electron chi connectivity index (χ2n) is 7.54. The molecule has 0 saturated heterocycles. The Kier molecular flexibility index (Phi) is 7.25. The number of carbonyl (C=O) groups is 2. The molecule has 6 nitrogen and oxygen atoms in total. The number of hydrogen-bond acceptors (Lipinski definition) is 6. The van der Waals surface area contributed by atoms with Crippen molar-refractivity contribution in [3.05, 3.63) is 82.4 Å². The maximum absolute atomic E-state index is 13.6. The van der Waals surface area contributed by atoms with Crippen LogP contribution in [0.25, 0.3) is 0 Å². The van der Waals surface area contributed by atoms with Crippen LogP contribution < -0.4 is 20.9 Å². The smallest absolute Gasteiger partial charge is 0.420 e. The zero-order chi connectivity index (χ0) is 28.6. The van der Waals surface area contributed by atoms with Crippen LogP contribution in [0, 0.1) is 0 Å².